The van der Waals surface area contributed by atoms with Crippen LogP contribution in [0.3, 0.4) is 0 Å². The quantitative estimate of drug-likeness (QED) is 0.0475. The van der Waals surface area contributed by atoms with Gasteiger partial charge in [0.15, 0.2) is 17.3 Å². The van der Waals surface area contributed by atoms with Crippen molar-refractivity contribution in [1.29, 1.82) is 0 Å². The Labute approximate surface area is 464 Å². The zero-order chi connectivity index (χ0) is 54.6. The van der Waals surface area contributed by atoms with Crippen LogP contribution in [-0.2, 0) is 19.1 Å². The smallest absolute Gasteiger partial charge is 0.243 e. The number of ether oxygens (including phenoxy) is 3. The van der Waals surface area contributed by atoms with Crippen molar-refractivity contribution < 1.29 is 38.5 Å². The number of aromatic nitrogens is 5. The number of nitrogens with one attached hydrogen (secondary N) is 1. The van der Waals surface area contributed by atoms with Gasteiger partial charge in [-0.15, -0.1) is 21.5 Å². The average molecular weight is 1090 g/mol. The lowest BCUT2D eigenvalue weighted by Gasteiger charge is -2.70. The van der Waals surface area contributed by atoms with Gasteiger partial charge in [0.05, 0.1) is 58.9 Å². The molecule has 2 aromatic carbocycles. The number of hydrogen-bond acceptors (Lipinski definition) is 17. The number of nitrogen functional groups attached to an aromatic ring is 1. The van der Waals surface area contributed by atoms with Gasteiger partial charge in [0.1, 0.15) is 30.4 Å². The molecule has 7 heterocycles. The Balaban J connectivity index is 0.560. The standard InChI is InChI=1S/C60H68N10O8S/c1-35(2)54(58(74)69-28-44(71)22-50(69)57(73)64-36(3)38-11-13-39(14-12-38)55-37(4)63-34-79-55)52-20-40(67-78-52)8-7-19-75-32-59-29-60(30-59,31-59)33-76-45-23-46(24-45)77-53-21-41(17-18-62-53)70-42-15-16-43(70)27-68(26-42)49-25-48(65-66-56(49)61)47-9-5-6-10-51(47)72/h5-6,9-14,17-18,20-21,25,34-36,42-46,50,54,71-72H,15-16,19,22-24,26-33H2,1-4H3,(H2,61,66)(H,64,73)/t36-,42+,43?,44+,45?,46?,50-,54+,59?,60?/m0/s1. The van der Waals surface area contributed by atoms with E-state index in [0.717, 1.165) is 97.7 Å². The molecular formula is C60H68N10O8S. The summed E-state index contributed by atoms with van der Waals surface area (Å²) in [6.45, 7) is 11.0. The van der Waals surface area contributed by atoms with Gasteiger partial charge in [0, 0.05) is 80.6 Å². The first kappa shape index (κ1) is 52.6. The first-order valence-corrected chi connectivity index (χ1v) is 28.6. The normalized spacial score (nSPS) is 26.4. The molecule has 4 saturated carbocycles. The third-order valence-electron chi connectivity index (χ3n) is 17.2. The summed E-state index contributed by atoms with van der Waals surface area (Å²) in [5, 5.41) is 37.0. The number of hydrogen-bond donors (Lipinski definition) is 4. The molecule has 412 valence electrons. The minimum atomic E-state index is -0.830. The molecular weight excluding hydrogens is 1020 g/mol. The van der Waals surface area contributed by atoms with Crippen molar-refractivity contribution in [3.8, 4) is 45.2 Å². The zero-order valence-electron chi connectivity index (χ0n) is 45.1. The topological polar surface area (TPSA) is 228 Å². The Kier molecular flexibility index (Phi) is 14.3. The van der Waals surface area contributed by atoms with Crippen LogP contribution >= 0.6 is 11.3 Å². The second-order valence-electron chi connectivity index (χ2n) is 23.4. The maximum absolute atomic E-state index is 14.2. The number of para-hydroxylation sites is 1. The number of aliphatic hydroxyl groups excluding tert-OH is 1. The number of anilines is 3. The van der Waals surface area contributed by atoms with Gasteiger partial charge in [0.25, 0.3) is 0 Å². The van der Waals surface area contributed by atoms with Crippen LogP contribution in [0.25, 0.3) is 21.7 Å². The van der Waals surface area contributed by atoms with Crippen LogP contribution in [0.15, 0.2) is 89.0 Å². The number of piperazine rings is 1. The van der Waals surface area contributed by atoms with E-state index in [9.17, 15) is 19.8 Å². The lowest BCUT2D eigenvalue weighted by atomic mass is 9.35. The molecule has 13 rings (SSSR count). The summed E-state index contributed by atoms with van der Waals surface area (Å²) in [6, 6.07) is 22.4. The summed E-state index contributed by atoms with van der Waals surface area (Å²) in [6.07, 6.45) is 8.52. The number of β-amino-alcohol motifs (C(OH)–C–C–N with tert-alkyl or cyclic N) is 1. The fourth-order valence-corrected chi connectivity index (χ4v) is 14.2. The van der Waals surface area contributed by atoms with Crippen molar-refractivity contribution in [3.63, 3.8) is 0 Å². The fraction of sp³-hybridized carbons (Fsp3) is 0.483. The number of carbonyl (C=O) groups is 2. The molecule has 79 heavy (non-hydrogen) atoms. The van der Waals surface area contributed by atoms with Crippen molar-refractivity contribution in [2.75, 3.05) is 55.0 Å². The summed E-state index contributed by atoms with van der Waals surface area (Å²) >= 11 is 1.59. The lowest BCUT2D eigenvalue weighted by molar-refractivity contribution is -0.262. The number of carbonyl (C=O) groups excluding carboxylic acids is 2. The predicted molar refractivity (Wildman–Crippen MR) is 298 cm³/mol. The van der Waals surface area contributed by atoms with Gasteiger partial charge >= 0.3 is 0 Å². The van der Waals surface area contributed by atoms with Crippen LogP contribution in [0.5, 0.6) is 11.6 Å². The molecule has 6 atom stereocenters. The number of rotatable bonds is 18. The van der Waals surface area contributed by atoms with Gasteiger partial charge in [-0.1, -0.05) is 61.3 Å². The molecule has 7 fully saturated rings. The Morgan fingerprint density at radius 3 is 2.42 bits per heavy atom. The molecule has 3 aliphatic heterocycles. The first-order valence-electron chi connectivity index (χ1n) is 27.7. The number of nitrogens with zero attached hydrogens (tertiary/aromatic N) is 8. The van der Waals surface area contributed by atoms with Crippen molar-refractivity contribution in [1.82, 2.24) is 35.5 Å². The van der Waals surface area contributed by atoms with Gasteiger partial charge in [-0.2, -0.15) is 0 Å². The highest BCUT2D eigenvalue weighted by Gasteiger charge is 2.67. The minimum Gasteiger partial charge on any atom is -0.507 e. The van der Waals surface area contributed by atoms with E-state index < -0.39 is 18.1 Å². The number of aryl methyl sites for hydroxylation is 1. The van der Waals surface area contributed by atoms with Gasteiger partial charge in [-0.25, -0.2) is 9.97 Å². The summed E-state index contributed by atoms with van der Waals surface area (Å²) in [5.41, 5.74) is 15.2. The van der Waals surface area contributed by atoms with E-state index in [-0.39, 0.29) is 72.1 Å². The van der Waals surface area contributed by atoms with Crippen molar-refractivity contribution in [2.24, 2.45) is 16.7 Å². The summed E-state index contributed by atoms with van der Waals surface area (Å²) in [5.74, 6) is 6.15. The Bertz CT molecular complexity index is 3240. The Morgan fingerprint density at radius 2 is 1.68 bits per heavy atom. The Hall–Kier alpha value is -7.11. The van der Waals surface area contributed by atoms with Crippen molar-refractivity contribution in [2.45, 2.75) is 127 Å². The van der Waals surface area contributed by atoms with Crippen molar-refractivity contribution >= 4 is 40.3 Å². The summed E-state index contributed by atoms with van der Waals surface area (Å²) in [4.78, 5) is 44.3. The number of aromatic hydroxyl groups is 1. The number of amides is 2. The molecule has 5 N–H and O–H groups in total. The number of benzene rings is 2. The fourth-order valence-electron chi connectivity index (χ4n) is 13.4. The highest BCUT2D eigenvalue weighted by atomic mass is 32.1. The third kappa shape index (κ3) is 10.6. The molecule has 2 amide bonds. The highest BCUT2D eigenvalue weighted by molar-refractivity contribution is 7.13. The Morgan fingerprint density at radius 1 is 0.924 bits per heavy atom. The van der Waals surface area contributed by atoms with Crippen LogP contribution in [0.4, 0.5) is 17.2 Å². The van der Waals surface area contributed by atoms with E-state index in [1.807, 2.05) is 81.9 Å². The summed E-state index contributed by atoms with van der Waals surface area (Å²) < 4.78 is 24.6. The molecule has 1 unspecified atom stereocenters. The molecule has 18 nitrogen and oxygen atoms in total. The van der Waals surface area contributed by atoms with E-state index in [0.29, 0.717) is 53.1 Å². The molecule has 4 bridgehead atoms. The van der Waals surface area contributed by atoms with E-state index in [1.165, 1.54) is 4.90 Å². The molecule has 4 aromatic heterocycles. The molecule has 0 spiro atoms. The number of thiazole rings is 1. The highest BCUT2D eigenvalue weighted by Crippen LogP contribution is 2.73. The number of phenols is 1. The predicted octanol–water partition coefficient (Wildman–Crippen LogP) is 7.85. The van der Waals surface area contributed by atoms with Crippen LogP contribution in [-0.4, -0.2) is 128 Å². The molecule has 7 aliphatic rings. The monoisotopic (exact) mass is 1090 g/mol. The van der Waals surface area contributed by atoms with Gasteiger partial charge in [0.2, 0.25) is 17.7 Å². The number of likely N-dealkylation sites (tertiary alicyclic amines) is 1. The zero-order valence-corrected chi connectivity index (χ0v) is 45.9. The molecule has 19 heteroatoms. The van der Waals surface area contributed by atoms with Crippen LogP contribution < -0.4 is 25.6 Å². The van der Waals surface area contributed by atoms with Crippen molar-refractivity contribution in [3.05, 3.63) is 107 Å². The van der Waals surface area contributed by atoms with E-state index in [1.54, 1.807) is 29.5 Å². The van der Waals surface area contributed by atoms with Crippen LogP contribution in [0.2, 0.25) is 0 Å². The third-order valence-corrected chi connectivity index (χ3v) is 18.2. The lowest BCUT2D eigenvalue weighted by Crippen LogP contribution is -2.66. The van der Waals surface area contributed by atoms with E-state index in [2.05, 4.69) is 64.4 Å². The first-order chi connectivity index (χ1) is 38.2. The van der Waals surface area contributed by atoms with Gasteiger partial charge < -0.3 is 54.7 Å². The number of fused-ring (bicyclic) bond motifs is 2. The second-order valence-corrected chi connectivity index (χ2v) is 24.2. The molecule has 0 radical (unpaired) electrons. The molecule has 4 aliphatic carbocycles. The van der Waals surface area contributed by atoms with Gasteiger partial charge in [-0.05, 0) is 104 Å². The molecule has 6 aromatic rings. The minimum absolute atomic E-state index is 0.0513. The van der Waals surface area contributed by atoms with Crippen LogP contribution in [0.1, 0.15) is 107 Å². The van der Waals surface area contributed by atoms with E-state index >= 15 is 0 Å². The number of nitrogens with two attached hydrogens (primary N) is 1. The number of pyridine rings is 1. The summed E-state index contributed by atoms with van der Waals surface area (Å²) in [7, 11) is 0. The van der Waals surface area contributed by atoms with Crippen LogP contribution in [0, 0.1) is 35.5 Å². The second kappa shape index (κ2) is 21.5. The maximum Gasteiger partial charge on any atom is 0.243 e. The van der Waals surface area contributed by atoms with Gasteiger partial charge in [-0.3, -0.25) is 9.59 Å². The largest absolute Gasteiger partial charge is 0.507 e. The number of phenolic OH excluding ortho intramolecular Hbond substituents is 1. The molecule has 3 saturated heterocycles. The van der Waals surface area contributed by atoms with E-state index in [4.69, 9.17) is 24.5 Å². The maximum atomic E-state index is 14.2. The SMILES string of the molecule is Cc1ncsc1-c1ccc([C@H](C)NC(=O)[C@@H]2C[C@@H](O)CN2C(=O)[C@@H](c2cc(C#CCOCC34CC(COC5CC(Oc6cc(N7C8CC[C@@H]7CN(c7cc(-c9ccccc9O)nnc7N)C8)ccn6)C5)(C3)C4)no2)C(C)C)cc1. The average Bonchev–Trinajstić information content (AvgIpc) is 4.22. The number of aliphatic hydroxyl groups is 1.